The van der Waals surface area contributed by atoms with E-state index in [-0.39, 0.29) is 23.0 Å². The zero-order valence-corrected chi connectivity index (χ0v) is 11.7. The second-order valence-corrected chi connectivity index (χ2v) is 8.47. The number of benzene rings is 1. The van der Waals surface area contributed by atoms with Crippen molar-refractivity contribution in [3.63, 3.8) is 0 Å². The predicted octanol–water partition coefficient (Wildman–Crippen LogP) is -0.356. The van der Waals surface area contributed by atoms with Crippen LogP contribution in [0.2, 0.25) is 0 Å². The van der Waals surface area contributed by atoms with Crippen molar-refractivity contribution in [2.45, 2.75) is 24.0 Å². The molecule has 0 radical (unpaired) electrons. The topological polar surface area (TPSA) is 101 Å². The molecule has 1 heterocycles. The van der Waals surface area contributed by atoms with E-state index in [1.54, 1.807) is 0 Å². The van der Waals surface area contributed by atoms with E-state index in [0.717, 1.165) is 0 Å². The van der Waals surface area contributed by atoms with Crippen molar-refractivity contribution in [1.29, 1.82) is 0 Å². The number of aliphatic hydroxyl groups excluding tert-OH is 1. The zero-order chi connectivity index (χ0) is 14.1. The quantitative estimate of drug-likeness (QED) is 0.791. The molecule has 0 bridgehead atoms. The average Bonchev–Trinajstić information content (AvgIpc) is 2.68. The molecule has 1 aromatic carbocycles. The lowest BCUT2D eigenvalue weighted by Crippen LogP contribution is -2.35. The Hall–Kier alpha value is -0.960. The van der Waals surface area contributed by atoms with E-state index < -0.39 is 25.9 Å². The van der Waals surface area contributed by atoms with E-state index in [0.29, 0.717) is 12.0 Å². The van der Waals surface area contributed by atoms with Crippen LogP contribution in [0.5, 0.6) is 0 Å². The molecule has 2 N–H and O–H groups in total. The van der Waals surface area contributed by atoms with Gasteiger partial charge in [0, 0.05) is 6.04 Å². The van der Waals surface area contributed by atoms with Gasteiger partial charge in [-0.15, -0.1) is 0 Å². The van der Waals surface area contributed by atoms with Crippen LogP contribution in [-0.4, -0.2) is 39.5 Å². The summed E-state index contributed by atoms with van der Waals surface area (Å²) in [5.41, 5.74) is 0.613. The second kappa shape index (κ2) is 5.20. The van der Waals surface area contributed by atoms with Gasteiger partial charge in [-0.3, -0.25) is 0 Å². The fourth-order valence-corrected chi connectivity index (χ4v) is 5.00. The van der Waals surface area contributed by atoms with E-state index >= 15 is 0 Å². The normalized spacial score (nSPS) is 22.5. The maximum absolute atomic E-state index is 12.0. The SMILES string of the molecule is O=S1(=O)CCC(NS(=O)(=O)c2ccc(CO)cc2)C1. The highest BCUT2D eigenvalue weighted by Crippen LogP contribution is 2.16. The van der Waals surface area contributed by atoms with Crippen LogP contribution in [0.3, 0.4) is 0 Å². The van der Waals surface area contributed by atoms with Crippen molar-refractivity contribution in [3.8, 4) is 0 Å². The van der Waals surface area contributed by atoms with Gasteiger partial charge in [0.1, 0.15) is 0 Å². The van der Waals surface area contributed by atoms with Gasteiger partial charge in [-0.25, -0.2) is 21.6 Å². The van der Waals surface area contributed by atoms with Crippen LogP contribution in [0, 0.1) is 0 Å². The van der Waals surface area contributed by atoms with Crippen molar-refractivity contribution in [3.05, 3.63) is 29.8 Å². The number of aliphatic hydroxyl groups is 1. The Bertz CT molecular complexity index is 649. The van der Waals surface area contributed by atoms with Crippen LogP contribution < -0.4 is 4.72 Å². The maximum atomic E-state index is 12.0. The number of hydrogen-bond donors (Lipinski definition) is 2. The summed E-state index contributed by atoms with van der Waals surface area (Å²) >= 11 is 0. The maximum Gasteiger partial charge on any atom is 0.240 e. The molecule has 0 saturated carbocycles. The molecule has 1 unspecified atom stereocenters. The number of sulfone groups is 1. The highest BCUT2D eigenvalue weighted by Gasteiger charge is 2.31. The highest BCUT2D eigenvalue weighted by atomic mass is 32.2. The summed E-state index contributed by atoms with van der Waals surface area (Å²) in [7, 11) is -6.84. The number of sulfonamides is 1. The van der Waals surface area contributed by atoms with Gasteiger partial charge in [-0.1, -0.05) is 12.1 Å². The van der Waals surface area contributed by atoms with Gasteiger partial charge in [0.05, 0.1) is 23.0 Å². The van der Waals surface area contributed by atoms with E-state index in [1.165, 1.54) is 24.3 Å². The van der Waals surface area contributed by atoms with Crippen molar-refractivity contribution in [2.75, 3.05) is 11.5 Å². The lowest BCUT2D eigenvalue weighted by Gasteiger charge is -2.11. The minimum atomic E-state index is -3.71. The number of rotatable bonds is 4. The van der Waals surface area contributed by atoms with E-state index in [4.69, 9.17) is 5.11 Å². The van der Waals surface area contributed by atoms with Gasteiger partial charge in [0.25, 0.3) is 0 Å². The molecule has 1 aliphatic rings. The molecule has 6 nitrogen and oxygen atoms in total. The molecule has 0 aromatic heterocycles. The summed E-state index contributed by atoms with van der Waals surface area (Å²) in [6.45, 7) is -0.158. The predicted molar refractivity (Wildman–Crippen MR) is 69.7 cm³/mol. The first-order valence-electron chi connectivity index (χ1n) is 5.75. The van der Waals surface area contributed by atoms with Crippen molar-refractivity contribution in [1.82, 2.24) is 4.72 Å². The third kappa shape index (κ3) is 3.53. The summed E-state index contributed by atoms with van der Waals surface area (Å²) in [5, 5.41) is 8.89. The Morgan fingerprint density at radius 1 is 1.26 bits per heavy atom. The van der Waals surface area contributed by atoms with Gasteiger partial charge >= 0.3 is 0 Å². The molecule has 19 heavy (non-hydrogen) atoms. The molecule has 0 aliphatic carbocycles. The molecule has 106 valence electrons. The minimum Gasteiger partial charge on any atom is -0.392 e. The average molecular weight is 305 g/mol. The lowest BCUT2D eigenvalue weighted by atomic mass is 10.2. The molecular weight excluding hydrogens is 290 g/mol. The Morgan fingerprint density at radius 3 is 2.37 bits per heavy atom. The largest absolute Gasteiger partial charge is 0.392 e. The van der Waals surface area contributed by atoms with Gasteiger partial charge < -0.3 is 5.11 Å². The van der Waals surface area contributed by atoms with Crippen LogP contribution in [0.15, 0.2) is 29.2 Å². The van der Waals surface area contributed by atoms with Gasteiger partial charge in [-0.05, 0) is 24.1 Å². The molecule has 8 heteroatoms. The van der Waals surface area contributed by atoms with Crippen molar-refractivity contribution >= 4 is 19.9 Å². The summed E-state index contributed by atoms with van der Waals surface area (Å²) in [5.74, 6) is -0.134. The van der Waals surface area contributed by atoms with Gasteiger partial charge in [0.2, 0.25) is 10.0 Å². The smallest absolute Gasteiger partial charge is 0.240 e. The highest BCUT2D eigenvalue weighted by molar-refractivity contribution is 7.92. The fraction of sp³-hybridized carbons (Fsp3) is 0.455. The van der Waals surface area contributed by atoms with Gasteiger partial charge in [0.15, 0.2) is 9.84 Å². The van der Waals surface area contributed by atoms with Crippen molar-refractivity contribution in [2.24, 2.45) is 0 Å². The van der Waals surface area contributed by atoms with E-state index in [1.807, 2.05) is 0 Å². The molecule has 2 rings (SSSR count). The second-order valence-electron chi connectivity index (χ2n) is 4.52. The first-order chi connectivity index (χ1) is 8.82. The summed E-state index contributed by atoms with van der Waals surface area (Å²) in [6.07, 6.45) is 0.302. The molecule has 1 fully saturated rings. The first kappa shape index (κ1) is 14.4. The van der Waals surface area contributed by atoms with E-state index in [9.17, 15) is 16.8 Å². The minimum absolute atomic E-state index is 0.0175. The number of nitrogens with one attached hydrogen (secondary N) is 1. The first-order valence-corrected chi connectivity index (χ1v) is 9.05. The zero-order valence-electron chi connectivity index (χ0n) is 10.1. The van der Waals surface area contributed by atoms with E-state index in [2.05, 4.69) is 4.72 Å². The third-order valence-corrected chi connectivity index (χ3v) is 6.27. The molecular formula is C11H15NO5S2. The summed E-state index contributed by atoms with van der Waals surface area (Å²) in [6, 6.07) is 5.24. The molecule has 1 atom stereocenters. The van der Waals surface area contributed by atoms with Crippen LogP contribution in [0.4, 0.5) is 0 Å². The standard InChI is InChI=1S/C11H15NO5S2/c13-7-9-1-3-11(4-2-9)19(16,17)12-10-5-6-18(14,15)8-10/h1-4,10,12-13H,5-8H2. The monoisotopic (exact) mass is 305 g/mol. The van der Waals surface area contributed by atoms with Crippen LogP contribution in [-0.2, 0) is 26.5 Å². The number of hydrogen-bond acceptors (Lipinski definition) is 5. The molecule has 1 aliphatic heterocycles. The molecule has 1 saturated heterocycles. The molecule has 1 aromatic rings. The molecule has 0 spiro atoms. The summed E-state index contributed by atoms with van der Waals surface area (Å²) in [4.78, 5) is 0.0639. The summed E-state index contributed by atoms with van der Waals surface area (Å²) < 4.78 is 49.0. The Morgan fingerprint density at radius 2 is 1.89 bits per heavy atom. The van der Waals surface area contributed by atoms with Crippen LogP contribution >= 0.6 is 0 Å². The Labute approximate surface area is 112 Å². The van der Waals surface area contributed by atoms with Crippen molar-refractivity contribution < 1.29 is 21.9 Å². The Balaban J connectivity index is 2.14. The van der Waals surface area contributed by atoms with Crippen LogP contribution in [0.25, 0.3) is 0 Å². The molecule has 0 amide bonds. The Kier molecular flexibility index (Phi) is 3.95. The lowest BCUT2D eigenvalue weighted by molar-refractivity contribution is 0.282. The van der Waals surface area contributed by atoms with Gasteiger partial charge in [-0.2, -0.15) is 0 Å². The fourth-order valence-electron chi connectivity index (χ4n) is 1.95. The van der Waals surface area contributed by atoms with Crippen LogP contribution in [0.1, 0.15) is 12.0 Å². The third-order valence-electron chi connectivity index (χ3n) is 2.97.